The number of rotatable bonds is 5. The molecule has 0 bridgehead atoms. The van der Waals surface area contributed by atoms with Gasteiger partial charge in [-0.15, -0.1) is 0 Å². The molecule has 0 aliphatic carbocycles. The van der Waals surface area contributed by atoms with Crippen molar-refractivity contribution < 1.29 is 0 Å². The van der Waals surface area contributed by atoms with E-state index in [0.29, 0.717) is 0 Å². The Morgan fingerprint density at radius 1 is 1.27 bits per heavy atom. The van der Waals surface area contributed by atoms with Crippen molar-refractivity contribution in [1.29, 1.82) is 0 Å². The maximum Gasteiger partial charge on any atom is 0.00802 e. The van der Waals surface area contributed by atoms with Crippen LogP contribution in [0.5, 0.6) is 0 Å². The maximum atomic E-state index is 5.68. The molecule has 11 heavy (non-hydrogen) atoms. The first-order valence-electron chi connectivity index (χ1n) is 4.42. The summed E-state index contributed by atoms with van der Waals surface area (Å²) >= 11 is 0. The summed E-state index contributed by atoms with van der Waals surface area (Å²) in [5, 5.41) is 0. The molecule has 0 aromatic carbocycles. The van der Waals surface area contributed by atoms with Gasteiger partial charge in [-0.1, -0.05) is 38.8 Å². The van der Waals surface area contributed by atoms with Gasteiger partial charge in [0.2, 0.25) is 0 Å². The molecule has 64 valence electrons. The molecule has 0 saturated carbocycles. The number of hydrogen-bond acceptors (Lipinski definition) is 1. The Morgan fingerprint density at radius 3 is 2.55 bits per heavy atom. The van der Waals surface area contributed by atoms with Crippen molar-refractivity contribution in [2.75, 3.05) is 0 Å². The quantitative estimate of drug-likeness (QED) is 0.604. The minimum atomic E-state index is 0.986. The topological polar surface area (TPSA) is 26.0 Å². The van der Waals surface area contributed by atoms with Crippen molar-refractivity contribution in [3.05, 3.63) is 23.9 Å². The normalized spacial score (nSPS) is 12.7. The predicted octanol–water partition coefficient (Wildman–Crippen LogP) is 2.99. The highest BCUT2D eigenvalue weighted by Gasteiger charge is 1.82. The summed E-state index contributed by atoms with van der Waals surface area (Å²) < 4.78 is 0. The lowest BCUT2D eigenvalue weighted by molar-refractivity contribution is 0.892. The van der Waals surface area contributed by atoms with E-state index in [2.05, 4.69) is 26.0 Å². The average molecular weight is 153 g/mol. The summed E-state index contributed by atoms with van der Waals surface area (Å²) in [5.74, 6) is 0. The summed E-state index contributed by atoms with van der Waals surface area (Å²) in [6.45, 7) is 4.31. The van der Waals surface area contributed by atoms with E-state index in [0.717, 1.165) is 25.0 Å². The Bertz CT molecular complexity index is 134. The molecule has 0 rings (SSSR count). The second kappa shape index (κ2) is 7.39. The molecular formula is C10H19N. The van der Waals surface area contributed by atoms with Crippen LogP contribution < -0.4 is 5.73 Å². The molecule has 0 aliphatic heterocycles. The third-order valence-electron chi connectivity index (χ3n) is 1.44. The Hall–Kier alpha value is -0.720. The van der Waals surface area contributed by atoms with Crippen molar-refractivity contribution in [3.63, 3.8) is 0 Å². The van der Waals surface area contributed by atoms with Gasteiger partial charge in [-0.2, -0.15) is 0 Å². The lowest BCUT2D eigenvalue weighted by atomic mass is 10.2. The van der Waals surface area contributed by atoms with Gasteiger partial charge in [0, 0.05) is 5.70 Å². The molecule has 0 fully saturated rings. The van der Waals surface area contributed by atoms with E-state index in [1.54, 1.807) is 0 Å². The first-order chi connectivity index (χ1) is 5.31. The van der Waals surface area contributed by atoms with Crippen LogP contribution in [0, 0.1) is 0 Å². The Morgan fingerprint density at radius 2 is 2.00 bits per heavy atom. The van der Waals surface area contributed by atoms with Crippen molar-refractivity contribution in [3.8, 4) is 0 Å². The van der Waals surface area contributed by atoms with Gasteiger partial charge in [0.25, 0.3) is 0 Å². The Labute approximate surface area is 70.0 Å². The number of allylic oxidation sites excluding steroid dienone is 4. The van der Waals surface area contributed by atoms with Crippen LogP contribution in [0.2, 0.25) is 0 Å². The van der Waals surface area contributed by atoms with E-state index in [1.165, 1.54) is 6.42 Å². The van der Waals surface area contributed by atoms with Crippen molar-refractivity contribution >= 4 is 0 Å². The molecule has 0 atom stereocenters. The van der Waals surface area contributed by atoms with E-state index < -0.39 is 0 Å². The van der Waals surface area contributed by atoms with Crippen molar-refractivity contribution in [1.82, 2.24) is 0 Å². The van der Waals surface area contributed by atoms with E-state index in [1.807, 2.05) is 6.08 Å². The maximum absolute atomic E-state index is 5.68. The molecule has 0 amide bonds. The average Bonchev–Trinajstić information content (AvgIpc) is 1.99. The van der Waals surface area contributed by atoms with Gasteiger partial charge < -0.3 is 5.73 Å². The summed E-state index contributed by atoms with van der Waals surface area (Å²) in [5.41, 5.74) is 6.66. The second-order valence-electron chi connectivity index (χ2n) is 2.71. The standard InChI is InChI=1S/C10H19N/c1-3-5-6-7-9-10(11)8-4-2/h6-7,9H,3-5,8,11H2,1-2H3/b7-6-,10-9-. The molecule has 2 N–H and O–H groups in total. The van der Waals surface area contributed by atoms with Gasteiger partial charge in [0.05, 0.1) is 0 Å². The van der Waals surface area contributed by atoms with Crippen molar-refractivity contribution in [2.45, 2.75) is 39.5 Å². The van der Waals surface area contributed by atoms with E-state index in [9.17, 15) is 0 Å². The van der Waals surface area contributed by atoms with Gasteiger partial charge in [-0.05, 0) is 18.9 Å². The van der Waals surface area contributed by atoms with Crippen molar-refractivity contribution in [2.24, 2.45) is 5.73 Å². The summed E-state index contributed by atoms with van der Waals surface area (Å²) in [6.07, 6.45) is 10.7. The number of unbranched alkanes of at least 4 members (excludes halogenated alkanes) is 1. The predicted molar refractivity (Wildman–Crippen MR) is 51.2 cm³/mol. The Kier molecular flexibility index (Phi) is 6.90. The zero-order valence-corrected chi connectivity index (χ0v) is 7.64. The van der Waals surface area contributed by atoms with Crippen LogP contribution in [0.3, 0.4) is 0 Å². The zero-order valence-electron chi connectivity index (χ0n) is 7.64. The van der Waals surface area contributed by atoms with Crippen LogP contribution in [-0.4, -0.2) is 0 Å². The van der Waals surface area contributed by atoms with Crippen LogP contribution >= 0.6 is 0 Å². The molecule has 0 unspecified atom stereocenters. The monoisotopic (exact) mass is 153 g/mol. The van der Waals surface area contributed by atoms with Crippen LogP contribution in [0.25, 0.3) is 0 Å². The highest BCUT2D eigenvalue weighted by molar-refractivity contribution is 5.09. The van der Waals surface area contributed by atoms with Crippen LogP contribution in [0.4, 0.5) is 0 Å². The SMILES string of the molecule is CCC/C=C\C=C(/N)CCC. The Balaban J connectivity index is 3.53. The lowest BCUT2D eigenvalue weighted by Crippen LogP contribution is -1.94. The fourth-order valence-corrected chi connectivity index (χ4v) is 0.827. The molecular weight excluding hydrogens is 134 g/mol. The molecule has 0 aromatic rings. The minimum Gasteiger partial charge on any atom is -0.402 e. The fourth-order valence-electron chi connectivity index (χ4n) is 0.827. The summed E-state index contributed by atoms with van der Waals surface area (Å²) in [6, 6.07) is 0. The molecule has 0 radical (unpaired) electrons. The summed E-state index contributed by atoms with van der Waals surface area (Å²) in [4.78, 5) is 0. The largest absolute Gasteiger partial charge is 0.402 e. The van der Waals surface area contributed by atoms with E-state index in [4.69, 9.17) is 5.73 Å². The number of nitrogens with two attached hydrogens (primary N) is 1. The van der Waals surface area contributed by atoms with E-state index in [-0.39, 0.29) is 0 Å². The van der Waals surface area contributed by atoms with Gasteiger partial charge in [0.15, 0.2) is 0 Å². The third-order valence-corrected chi connectivity index (χ3v) is 1.44. The van der Waals surface area contributed by atoms with Gasteiger partial charge in [0.1, 0.15) is 0 Å². The molecule has 0 spiro atoms. The fraction of sp³-hybridized carbons (Fsp3) is 0.600. The molecule has 0 aromatic heterocycles. The molecule has 1 nitrogen and oxygen atoms in total. The summed E-state index contributed by atoms with van der Waals surface area (Å²) in [7, 11) is 0. The van der Waals surface area contributed by atoms with Gasteiger partial charge >= 0.3 is 0 Å². The first kappa shape index (κ1) is 10.3. The lowest BCUT2D eigenvalue weighted by Gasteiger charge is -1.93. The van der Waals surface area contributed by atoms with Gasteiger partial charge in [-0.25, -0.2) is 0 Å². The van der Waals surface area contributed by atoms with Crippen LogP contribution in [-0.2, 0) is 0 Å². The number of hydrogen-bond donors (Lipinski definition) is 1. The van der Waals surface area contributed by atoms with Crippen LogP contribution in [0.15, 0.2) is 23.9 Å². The first-order valence-corrected chi connectivity index (χ1v) is 4.42. The molecule has 0 heterocycles. The molecule has 1 heteroatoms. The third kappa shape index (κ3) is 7.17. The minimum absolute atomic E-state index is 0.986. The molecule has 0 aliphatic rings. The highest BCUT2D eigenvalue weighted by atomic mass is 14.6. The van der Waals surface area contributed by atoms with E-state index >= 15 is 0 Å². The smallest absolute Gasteiger partial charge is 0.00802 e. The van der Waals surface area contributed by atoms with Gasteiger partial charge in [-0.3, -0.25) is 0 Å². The second-order valence-corrected chi connectivity index (χ2v) is 2.71. The molecule has 0 saturated heterocycles. The zero-order chi connectivity index (χ0) is 8.53. The highest BCUT2D eigenvalue weighted by Crippen LogP contribution is 1.97. The van der Waals surface area contributed by atoms with Crippen LogP contribution in [0.1, 0.15) is 39.5 Å².